The third-order valence-corrected chi connectivity index (χ3v) is 5.91. The second-order valence-corrected chi connectivity index (χ2v) is 8.40. The van der Waals surface area contributed by atoms with E-state index in [0.29, 0.717) is 13.1 Å². The summed E-state index contributed by atoms with van der Waals surface area (Å²) < 4.78 is 5.41. The number of ether oxygens (including phenoxy) is 1. The fourth-order valence-corrected chi connectivity index (χ4v) is 4.19. The van der Waals surface area contributed by atoms with Gasteiger partial charge in [-0.1, -0.05) is 30.3 Å². The minimum Gasteiger partial charge on any atom is -0.389 e. The van der Waals surface area contributed by atoms with Gasteiger partial charge in [-0.25, -0.2) is 0 Å². The van der Waals surface area contributed by atoms with Crippen LogP contribution in [0.25, 0.3) is 0 Å². The van der Waals surface area contributed by atoms with E-state index in [-0.39, 0.29) is 24.7 Å². The summed E-state index contributed by atoms with van der Waals surface area (Å²) in [6.45, 7) is 5.57. The number of hydrogen-bond acceptors (Lipinski definition) is 7. The van der Waals surface area contributed by atoms with Gasteiger partial charge in [0.25, 0.3) is 5.91 Å². The van der Waals surface area contributed by atoms with E-state index < -0.39 is 11.7 Å². The summed E-state index contributed by atoms with van der Waals surface area (Å²) in [5, 5.41) is 24.1. The van der Waals surface area contributed by atoms with E-state index in [4.69, 9.17) is 4.74 Å². The molecule has 8 nitrogen and oxygen atoms in total. The van der Waals surface area contributed by atoms with Gasteiger partial charge in [0.15, 0.2) is 0 Å². The molecule has 4 rings (SSSR count). The number of nitrogens with zero attached hydrogens (tertiary/aromatic N) is 3. The highest BCUT2D eigenvalue weighted by molar-refractivity contribution is 5.92. The SMILES string of the molecule is O=C(NC[C@]1(O)CN(Cc2cccc(CN3CCOCC3)c2)C[C@H]1O)c1ccccn1. The van der Waals surface area contributed by atoms with Crippen LogP contribution in [-0.4, -0.2) is 88.5 Å². The van der Waals surface area contributed by atoms with Gasteiger partial charge >= 0.3 is 0 Å². The van der Waals surface area contributed by atoms with Crippen molar-refractivity contribution in [3.05, 3.63) is 65.5 Å². The van der Waals surface area contributed by atoms with Gasteiger partial charge in [-0.15, -0.1) is 0 Å². The fraction of sp³-hybridized carbons (Fsp3) is 0.478. The number of likely N-dealkylation sites (tertiary alicyclic amines) is 1. The molecule has 31 heavy (non-hydrogen) atoms. The van der Waals surface area contributed by atoms with Crippen molar-refractivity contribution >= 4 is 5.91 Å². The third kappa shape index (κ3) is 5.66. The highest BCUT2D eigenvalue weighted by atomic mass is 16.5. The zero-order chi connectivity index (χ0) is 21.7. The van der Waals surface area contributed by atoms with Gasteiger partial charge in [-0.3, -0.25) is 19.6 Å². The number of pyridine rings is 1. The van der Waals surface area contributed by atoms with Crippen LogP contribution in [0, 0.1) is 0 Å². The lowest BCUT2D eigenvalue weighted by atomic mass is 10.0. The lowest BCUT2D eigenvalue weighted by molar-refractivity contribution is -0.0377. The second-order valence-electron chi connectivity index (χ2n) is 8.40. The summed E-state index contributed by atoms with van der Waals surface area (Å²) in [6.07, 6.45) is 0.608. The van der Waals surface area contributed by atoms with Crippen LogP contribution in [0.2, 0.25) is 0 Å². The number of carbonyl (C=O) groups excluding carboxylic acids is 1. The molecule has 1 aromatic carbocycles. The Kier molecular flexibility index (Phi) is 6.94. The molecule has 0 saturated carbocycles. The number of aliphatic hydroxyl groups excluding tert-OH is 1. The van der Waals surface area contributed by atoms with E-state index in [0.717, 1.165) is 38.4 Å². The standard InChI is InChI=1S/C23H30N4O4/c28-21-15-27(17-23(21,30)16-25-22(29)20-6-1-2-7-24-20)14-19-5-3-4-18(12-19)13-26-8-10-31-11-9-26/h1-7,12,21,28,30H,8-11,13-17H2,(H,25,29)/t21-,23+/m1/s1. The molecule has 166 valence electrons. The van der Waals surface area contributed by atoms with Crippen LogP contribution < -0.4 is 5.32 Å². The number of rotatable bonds is 7. The number of morpholine rings is 1. The largest absolute Gasteiger partial charge is 0.389 e. The molecular weight excluding hydrogens is 396 g/mol. The predicted octanol–water partition coefficient (Wildman–Crippen LogP) is 0.251. The Morgan fingerprint density at radius 1 is 1.13 bits per heavy atom. The Balaban J connectivity index is 1.32. The Hall–Kier alpha value is -2.36. The first kappa shape index (κ1) is 21.9. The maximum atomic E-state index is 12.2. The zero-order valence-corrected chi connectivity index (χ0v) is 17.6. The van der Waals surface area contributed by atoms with Crippen LogP contribution >= 0.6 is 0 Å². The highest BCUT2D eigenvalue weighted by Crippen LogP contribution is 2.24. The van der Waals surface area contributed by atoms with Crippen molar-refractivity contribution in [2.45, 2.75) is 24.8 Å². The van der Waals surface area contributed by atoms with Crippen molar-refractivity contribution < 1.29 is 19.7 Å². The maximum absolute atomic E-state index is 12.2. The first-order valence-electron chi connectivity index (χ1n) is 10.7. The maximum Gasteiger partial charge on any atom is 0.269 e. The first-order chi connectivity index (χ1) is 15.0. The van der Waals surface area contributed by atoms with Gasteiger partial charge in [-0.05, 0) is 23.3 Å². The van der Waals surface area contributed by atoms with Gasteiger partial charge in [0.1, 0.15) is 11.3 Å². The Morgan fingerprint density at radius 3 is 2.58 bits per heavy atom. The molecule has 3 N–H and O–H groups in total. The molecule has 0 bridgehead atoms. The van der Waals surface area contributed by atoms with Crippen molar-refractivity contribution in [3.8, 4) is 0 Å². The van der Waals surface area contributed by atoms with E-state index in [2.05, 4.69) is 39.5 Å². The number of amides is 1. The molecule has 2 saturated heterocycles. The van der Waals surface area contributed by atoms with E-state index in [1.165, 1.54) is 5.56 Å². The van der Waals surface area contributed by atoms with Crippen LogP contribution in [0.4, 0.5) is 0 Å². The predicted molar refractivity (Wildman–Crippen MR) is 115 cm³/mol. The van der Waals surface area contributed by atoms with E-state index in [9.17, 15) is 15.0 Å². The second kappa shape index (κ2) is 9.84. The van der Waals surface area contributed by atoms with Crippen molar-refractivity contribution in [2.75, 3.05) is 45.9 Å². The van der Waals surface area contributed by atoms with Crippen LogP contribution in [0.15, 0.2) is 48.7 Å². The lowest BCUT2D eigenvalue weighted by Crippen LogP contribution is -2.51. The van der Waals surface area contributed by atoms with Crippen LogP contribution in [0.1, 0.15) is 21.6 Å². The number of aliphatic hydroxyl groups is 2. The zero-order valence-electron chi connectivity index (χ0n) is 17.6. The Bertz CT molecular complexity index is 875. The molecule has 3 heterocycles. The van der Waals surface area contributed by atoms with Crippen LogP contribution in [0.3, 0.4) is 0 Å². The van der Waals surface area contributed by atoms with Gasteiger partial charge in [0, 0.05) is 45.5 Å². The van der Waals surface area contributed by atoms with Gasteiger partial charge in [0.2, 0.25) is 0 Å². The number of carbonyl (C=O) groups is 1. The molecule has 2 aromatic rings. The van der Waals surface area contributed by atoms with Crippen molar-refractivity contribution in [3.63, 3.8) is 0 Å². The number of nitrogens with one attached hydrogen (secondary N) is 1. The molecule has 1 amide bonds. The summed E-state index contributed by atoms with van der Waals surface area (Å²) >= 11 is 0. The summed E-state index contributed by atoms with van der Waals surface area (Å²) in [7, 11) is 0. The molecule has 0 radical (unpaired) electrons. The molecular formula is C23H30N4O4. The van der Waals surface area contributed by atoms with E-state index in [1.807, 2.05) is 4.90 Å². The van der Waals surface area contributed by atoms with Crippen LogP contribution in [0.5, 0.6) is 0 Å². The van der Waals surface area contributed by atoms with Gasteiger partial charge in [0.05, 0.1) is 25.9 Å². The Morgan fingerprint density at radius 2 is 1.87 bits per heavy atom. The fourth-order valence-electron chi connectivity index (χ4n) is 4.19. The summed E-state index contributed by atoms with van der Waals surface area (Å²) in [6, 6.07) is 13.5. The number of β-amino-alcohol motifs (C(OH)–C–C–N with tert-alkyl or cyclic N) is 2. The lowest BCUT2D eigenvalue weighted by Gasteiger charge is -2.27. The molecule has 2 aliphatic heterocycles. The third-order valence-electron chi connectivity index (χ3n) is 5.91. The van der Waals surface area contributed by atoms with Gasteiger partial charge < -0.3 is 20.3 Å². The average molecular weight is 427 g/mol. The molecule has 1 aromatic heterocycles. The van der Waals surface area contributed by atoms with Gasteiger partial charge in [-0.2, -0.15) is 0 Å². The van der Waals surface area contributed by atoms with Crippen LogP contribution in [-0.2, 0) is 17.8 Å². The molecule has 8 heteroatoms. The quantitative estimate of drug-likeness (QED) is 0.584. The summed E-state index contributed by atoms with van der Waals surface area (Å²) in [5.41, 5.74) is 1.28. The first-order valence-corrected chi connectivity index (χ1v) is 10.7. The van der Waals surface area contributed by atoms with E-state index in [1.54, 1.807) is 24.4 Å². The number of aromatic nitrogens is 1. The smallest absolute Gasteiger partial charge is 0.269 e. The van der Waals surface area contributed by atoms with Crippen molar-refractivity contribution in [2.24, 2.45) is 0 Å². The van der Waals surface area contributed by atoms with E-state index >= 15 is 0 Å². The molecule has 2 fully saturated rings. The van der Waals surface area contributed by atoms with Crippen molar-refractivity contribution in [1.82, 2.24) is 20.1 Å². The summed E-state index contributed by atoms with van der Waals surface area (Å²) in [4.78, 5) is 20.6. The van der Waals surface area contributed by atoms with Crippen molar-refractivity contribution in [1.29, 1.82) is 0 Å². The molecule has 2 aliphatic rings. The normalized spacial score (nSPS) is 24.9. The summed E-state index contributed by atoms with van der Waals surface area (Å²) in [5.74, 6) is -0.365. The molecule has 0 aliphatic carbocycles. The topological polar surface area (TPSA) is 98.2 Å². The Labute approximate surface area is 182 Å². The number of benzene rings is 1. The molecule has 0 spiro atoms. The minimum atomic E-state index is -1.39. The molecule has 0 unspecified atom stereocenters. The average Bonchev–Trinajstić information content (AvgIpc) is 3.07. The monoisotopic (exact) mass is 426 g/mol. The minimum absolute atomic E-state index is 0.0306. The highest BCUT2D eigenvalue weighted by Gasteiger charge is 2.44. The molecule has 2 atom stereocenters. The number of hydrogen-bond donors (Lipinski definition) is 3.